The minimum absolute atomic E-state index is 0.252. The molecule has 0 spiro atoms. The van der Waals surface area contributed by atoms with Crippen LogP contribution in [-0.4, -0.2) is 18.5 Å². The normalized spacial score (nSPS) is 15.0. The topological polar surface area (TPSA) is 55.4 Å². The highest BCUT2D eigenvalue weighted by molar-refractivity contribution is 7.14. The molecular weight excluding hydrogens is 322 g/mol. The summed E-state index contributed by atoms with van der Waals surface area (Å²) in [5, 5.41) is 2.80. The second-order valence-corrected chi connectivity index (χ2v) is 7.51. The van der Waals surface area contributed by atoms with E-state index in [1.807, 2.05) is 18.2 Å². The van der Waals surface area contributed by atoms with Crippen LogP contribution < -0.4 is 5.32 Å². The quantitative estimate of drug-likeness (QED) is 0.866. The van der Waals surface area contributed by atoms with Crippen molar-refractivity contribution in [1.29, 1.82) is 0 Å². The third kappa shape index (κ3) is 3.08. The first kappa shape index (κ1) is 15.4. The van der Waals surface area contributed by atoms with Crippen LogP contribution in [-0.2, 0) is 35.2 Å². The summed E-state index contributed by atoms with van der Waals surface area (Å²) in [6, 6.07) is 7.91. The highest BCUT2D eigenvalue weighted by Gasteiger charge is 2.20. The van der Waals surface area contributed by atoms with Crippen molar-refractivity contribution in [3.05, 3.63) is 50.7 Å². The van der Waals surface area contributed by atoms with Crippen LogP contribution >= 0.6 is 11.3 Å². The van der Waals surface area contributed by atoms with E-state index < -0.39 is 5.97 Å². The van der Waals surface area contributed by atoms with E-state index in [0.717, 1.165) is 31.4 Å². The first-order valence-electron chi connectivity index (χ1n) is 8.39. The summed E-state index contributed by atoms with van der Waals surface area (Å²) in [6.07, 6.45) is 6.61. The van der Waals surface area contributed by atoms with Crippen molar-refractivity contribution in [1.82, 2.24) is 0 Å². The number of anilines is 1. The zero-order valence-corrected chi connectivity index (χ0v) is 14.2. The number of amides is 1. The van der Waals surface area contributed by atoms with Gasteiger partial charge in [-0.25, -0.2) is 4.79 Å². The largest absolute Gasteiger partial charge is 0.451 e. The number of benzene rings is 1. The average molecular weight is 341 g/mol. The third-order valence-electron chi connectivity index (χ3n) is 4.66. The molecule has 2 aliphatic rings. The van der Waals surface area contributed by atoms with Crippen molar-refractivity contribution in [2.24, 2.45) is 0 Å². The second-order valence-electron chi connectivity index (χ2n) is 6.37. The van der Waals surface area contributed by atoms with Crippen molar-refractivity contribution in [2.75, 3.05) is 11.9 Å². The van der Waals surface area contributed by atoms with Gasteiger partial charge in [-0.3, -0.25) is 4.79 Å². The van der Waals surface area contributed by atoms with E-state index in [4.69, 9.17) is 4.74 Å². The molecule has 0 bridgehead atoms. The van der Waals surface area contributed by atoms with Crippen LogP contribution in [0, 0.1) is 0 Å². The van der Waals surface area contributed by atoms with E-state index >= 15 is 0 Å². The Hall–Kier alpha value is -2.14. The molecule has 2 aliphatic carbocycles. The minimum Gasteiger partial charge on any atom is -0.451 e. The van der Waals surface area contributed by atoms with Gasteiger partial charge >= 0.3 is 5.97 Å². The number of hydrogen-bond donors (Lipinski definition) is 1. The molecule has 2 aromatic rings. The molecule has 1 aromatic carbocycles. The number of thiophene rings is 1. The summed E-state index contributed by atoms with van der Waals surface area (Å²) in [6.45, 7) is -0.252. The van der Waals surface area contributed by atoms with Gasteiger partial charge in [0.05, 0.1) is 0 Å². The molecule has 0 atom stereocenters. The van der Waals surface area contributed by atoms with Gasteiger partial charge in [-0.1, -0.05) is 6.07 Å². The van der Waals surface area contributed by atoms with Crippen LogP contribution in [0.1, 0.15) is 44.1 Å². The minimum atomic E-state index is -0.404. The molecule has 1 N–H and O–H groups in total. The van der Waals surface area contributed by atoms with E-state index in [1.165, 1.54) is 45.7 Å². The molecular formula is C19H19NO3S. The molecule has 5 heteroatoms. The fourth-order valence-corrected chi connectivity index (χ4v) is 4.63. The molecule has 0 saturated heterocycles. The fourth-order valence-electron chi connectivity index (χ4n) is 3.48. The number of carbonyl (C=O) groups excluding carboxylic acids is 2. The molecule has 0 aliphatic heterocycles. The standard InChI is InChI=1S/C19H19NO3S/c21-18(20-15-8-7-12-3-1-4-13(12)9-15)11-23-19(22)17-10-14-5-2-6-16(14)24-17/h7-10H,1-6,11H2,(H,20,21). The lowest BCUT2D eigenvalue weighted by atomic mass is 10.1. The maximum Gasteiger partial charge on any atom is 0.348 e. The zero-order chi connectivity index (χ0) is 16.5. The van der Waals surface area contributed by atoms with Gasteiger partial charge in [-0.15, -0.1) is 11.3 Å². The number of ether oxygens (including phenoxy) is 1. The third-order valence-corrected chi connectivity index (χ3v) is 5.88. The highest BCUT2D eigenvalue weighted by Crippen LogP contribution is 2.31. The molecule has 1 heterocycles. The molecule has 0 unspecified atom stereocenters. The lowest BCUT2D eigenvalue weighted by Crippen LogP contribution is -2.20. The summed E-state index contributed by atoms with van der Waals surface area (Å²) in [4.78, 5) is 26.0. The Bertz CT molecular complexity index is 787. The summed E-state index contributed by atoms with van der Waals surface area (Å²) >= 11 is 1.49. The van der Waals surface area contributed by atoms with Crippen LogP contribution in [0.3, 0.4) is 0 Å². The van der Waals surface area contributed by atoms with Gasteiger partial charge in [0, 0.05) is 10.6 Å². The number of aryl methyl sites for hydroxylation is 4. The second kappa shape index (κ2) is 6.40. The Labute approximate surface area is 144 Å². The Morgan fingerprint density at radius 1 is 1.00 bits per heavy atom. The summed E-state index contributed by atoms with van der Waals surface area (Å²) in [5.74, 6) is -0.705. The van der Waals surface area contributed by atoms with E-state index in [-0.39, 0.29) is 12.5 Å². The van der Waals surface area contributed by atoms with Crippen LogP contribution in [0.2, 0.25) is 0 Å². The summed E-state index contributed by atoms with van der Waals surface area (Å²) in [7, 11) is 0. The maximum atomic E-state index is 12.1. The van der Waals surface area contributed by atoms with E-state index in [0.29, 0.717) is 4.88 Å². The Balaban J connectivity index is 1.32. The number of hydrogen-bond acceptors (Lipinski definition) is 4. The van der Waals surface area contributed by atoms with Gasteiger partial charge in [0.2, 0.25) is 0 Å². The first-order chi connectivity index (χ1) is 11.7. The average Bonchev–Trinajstić information content (AvgIpc) is 3.27. The lowest BCUT2D eigenvalue weighted by Gasteiger charge is -2.08. The van der Waals surface area contributed by atoms with Gasteiger partial charge in [0.25, 0.3) is 5.91 Å². The van der Waals surface area contributed by atoms with Crippen molar-refractivity contribution >= 4 is 28.9 Å². The molecule has 1 amide bonds. The lowest BCUT2D eigenvalue weighted by molar-refractivity contribution is -0.119. The predicted octanol–water partition coefficient (Wildman–Crippen LogP) is 3.52. The molecule has 0 radical (unpaired) electrons. The molecule has 0 fully saturated rings. The zero-order valence-electron chi connectivity index (χ0n) is 13.4. The van der Waals surface area contributed by atoms with Gasteiger partial charge < -0.3 is 10.1 Å². The molecule has 1 aromatic heterocycles. The number of carbonyl (C=O) groups is 2. The van der Waals surface area contributed by atoms with Gasteiger partial charge in [0.1, 0.15) is 4.88 Å². The molecule has 24 heavy (non-hydrogen) atoms. The number of rotatable bonds is 4. The Morgan fingerprint density at radius 3 is 2.67 bits per heavy atom. The predicted molar refractivity (Wildman–Crippen MR) is 93.7 cm³/mol. The van der Waals surface area contributed by atoms with Crippen molar-refractivity contribution < 1.29 is 14.3 Å². The Morgan fingerprint density at radius 2 is 1.79 bits per heavy atom. The van der Waals surface area contributed by atoms with Crippen molar-refractivity contribution in [2.45, 2.75) is 38.5 Å². The number of esters is 1. The van der Waals surface area contributed by atoms with Gasteiger partial charge in [-0.2, -0.15) is 0 Å². The van der Waals surface area contributed by atoms with Gasteiger partial charge in [0.15, 0.2) is 6.61 Å². The molecule has 0 saturated carbocycles. The number of fused-ring (bicyclic) bond motifs is 2. The fraction of sp³-hybridized carbons (Fsp3) is 0.368. The van der Waals surface area contributed by atoms with E-state index in [1.54, 1.807) is 0 Å². The van der Waals surface area contributed by atoms with Crippen LogP contribution in [0.4, 0.5) is 5.69 Å². The SMILES string of the molecule is O=C(COC(=O)c1cc2c(s1)CCC2)Nc1ccc2c(c1)CCC2. The van der Waals surface area contributed by atoms with E-state index in [2.05, 4.69) is 11.4 Å². The maximum absolute atomic E-state index is 12.1. The smallest absolute Gasteiger partial charge is 0.348 e. The summed E-state index contributed by atoms with van der Waals surface area (Å²) < 4.78 is 5.15. The van der Waals surface area contributed by atoms with Gasteiger partial charge in [-0.05, 0) is 73.4 Å². The molecule has 4 nitrogen and oxygen atoms in total. The van der Waals surface area contributed by atoms with Crippen LogP contribution in [0.5, 0.6) is 0 Å². The number of nitrogens with one attached hydrogen (secondary N) is 1. The summed E-state index contributed by atoms with van der Waals surface area (Å²) in [5.41, 5.74) is 4.70. The molecule has 124 valence electrons. The van der Waals surface area contributed by atoms with Crippen molar-refractivity contribution in [3.63, 3.8) is 0 Å². The van der Waals surface area contributed by atoms with Crippen LogP contribution in [0.25, 0.3) is 0 Å². The highest BCUT2D eigenvalue weighted by atomic mass is 32.1. The monoisotopic (exact) mass is 341 g/mol. The van der Waals surface area contributed by atoms with Crippen molar-refractivity contribution in [3.8, 4) is 0 Å². The molecule has 4 rings (SSSR count). The first-order valence-corrected chi connectivity index (χ1v) is 9.21. The Kier molecular flexibility index (Phi) is 4.10. The van der Waals surface area contributed by atoms with E-state index in [9.17, 15) is 9.59 Å². The van der Waals surface area contributed by atoms with Crippen LogP contribution in [0.15, 0.2) is 24.3 Å².